The number of nitrogens with two attached hydrogens (primary N) is 1. The average Bonchev–Trinajstić information content (AvgIpc) is 2.09. The number of hydrogen-bond acceptors (Lipinski definition) is 3. The minimum absolute atomic E-state index is 0.711. The number of para-hydroxylation sites is 1. The van der Waals surface area contributed by atoms with Gasteiger partial charge in [-0.05, 0) is 11.6 Å². The zero-order valence-electron chi connectivity index (χ0n) is 7.45. The first-order chi connectivity index (χ1) is 5.74. The van der Waals surface area contributed by atoms with E-state index in [1.165, 1.54) is 0 Å². The Morgan fingerprint density at radius 2 is 2.08 bits per heavy atom. The lowest BCUT2D eigenvalue weighted by molar-refractivity contribution is -0.116. The second kappa shape index (κ2) is 4.09. The zero-order chi connectivity index (χ0) is 8.97. The fraction of sp³-hybridized carbons (Fsp3) is 0.333. The molecule has 0 amide bonds. The monoisotopic (exact) mass is 166 g/mol. The summed E-state index contributed by atoms with van der Waals surface area (Å²) in [5.41, 5.74) is 7.63. The van der Waals surface area contributed by atoms with E-state index in [0.29, 0.717) is 6.54 Å². The molecule has 1 aromatic carbocycles. The van der Waals surface area contributed by atoms with Gasteiger partial charge in [-0.15, -0.1) is 0 Å². The molecule has 0 radical (unpaired) electrons. The van der Waals surface area contributed by atoms with Gasteiger partial charge in [0.15, 0.2) is 0 Å². The molecular weight excluding hydrogens is 152 g/mol. The van der Waals surface area contributed by atoms with Crippen molar-refractivity contribution in [3.8, 4) is 0 Å². The Labute approximate surface area is 72.7 Å². The van der Waals surface area contributed by atoms with Crippen molar-refractivity contribution >= 4 is 5.69 Å². The number of nitrogens with zero attached hydrogens (tertiary/aromatic N) is 1. The van der Waals surface area contributed by atoms with Gasteiger partial charge in [0.25, 0.3) is 0 Å². The van der Waals surface area contributed by atoms with Crippen LogP contribution < -0.4 is 5.73 Å². The van der Waals surface area contributed by atoms with Crippen molar-refractivity contribution in [3.05, 3.63) is 29.8 Å². The van der Waals surface area contributed by atoms with Gasteiger partial charge in [-0.2, -0.15) is 5.06 Å². The van der Waals surface area contributed by atoms with E-state index in [9.17, 15) is 0 Å². The molecule has 0 heterocycles. The van der Waals surface area contributed by atoms with Gasteiger partial charge >= 0.3 is 0 Å². The summed E-state index contributed by atoms with van der Waals surface area (Å²) in [7, 11) is 3.51. The molecule has 66 valence electrons. The Hall–Kier alpha value is -1.06. The van der Waals surface area contributed by atoms with Crippen LogP contribution in [0.25, 0.3) is 0 Å². The summed E-state index contributed by atoms with van der Waals surface area (Å²) in [5, 5.41) is 1.73. The van der Waals surface area contributed by atoms with Crippen LogP contribution in [0.15, 0.2) is 24.3 Å². The van der Waals surface area contributed by atoms with Gasteiger partial charge in [-0.3, -0.25) is 0 Å². The molecule has 0 aliphatic rings. The number of hydroxylamine groups is 2. The van der Waals surface area contributed by atoms with Gasteiger partial charge in [-0.25, -0.2) is 0 Å². The van der Waals surface area contributed by atoms with Crippen molar-refractivity contribution in [1.29, 1.82) is 0 Å². The maximum atomic E-state index is 5.74. The van der Waals surface area contributed by atoms with Crippen LogP contribution in [0.2, 0.25) is 0 Å². The van der Waals surface area contributed by atoms with Crippen LogP contribution in [-0.2, 0) is 11.4 Å². The molecule has 0 saturated carbocycles. The molecule has 1 aromatic rings. The highest BCUT2D eigenvalue weighted by Crippen LogP contribution is 2.11. The highest BCUT2D eigenvalue weighted by atomic mass is 16.7. The maximum absolute atomic E-state index is 5.74. The SMILES string of the molecule is CON(C)Cc1ccccc1N. The molecule has 0 aliphatic heterocycles. The number of benzene rings is 1. The number of nitrogen functional groups attached to an aromatic ring is 1. The van der Waals surface area contributed by atoms with E-state index in [-0.39, 0.29) is 0 Å². The molecule has 0 fully saturated rings. The molecule has 0 aromatic heterocycles. The topological polar surface area (TPSA) is 38.5 Å². The number of anilines is 1. The molecule has 0 aliphatic carbocycles. The molecule has 0 bridgehead atoms. The van der Waals surface area contributed by atoms with E-state index in [0.717, 1.165) is 11.3 Å². The predicted molar refractivity (Wildman–Crippen MR) is 49.3 cm³/mol. The van der Waals surface area contributed by atoms with Crippen molar-refractivity contribution in [3.63, 3.8) is 0 Å². The predicted octanol–water partition coefficient (Wildman–Crippen LogP) is 1.26. The summed E-state index contributed by atoms with van der Waals surface area (Å²) in [6.45, 7) is 0.711. The third-order valence-electron chi connectivity index (χ3n) is 1.76. The first-order valence-electron chi connectivity index (χ1n) is 3.82. The van der Waals surface area contributed by atoms with Crippen LogP contribution in [0.1, 0.15) is 5.56 Å². The summed E-state index contributed by atoms with van der Waals surface area (Å²) in [6, 6.07) is 7.77. The summed E-state index contributed by atoms with van der Waals surface area (Å²) in [4.78, 5) is 4.99. The van der Waals surface area contributed by atoms with E-state index in [1.54, 1.807) is 12.2 Å². The van der Waals surface area contributed by atoms with E-state index >= 15 is 0 Å². The second-order valence-corrected chi connectivity index (χ2v) is 2.67. The normalized spacial score (nSPS) is 10.6. The molecule has 0 saturated heterocycles. The van der Waals surface area contributed by atoms with Gasteiger partial charge in [0, 0.05) is 12.7 Å². The minimum atomic E-state index is 0.711. The molecule has 1 rings (SSSR count). The largest absolute Gasteiger partial charge is 0.398 e. The van der Waals surface area contributed by atoms with Crippen LogP contribution in [0.4, 0.5) is 5.69 Å². The first kappa shape index (κ1) is 9.03. The smallest absolute Gasteiger partial charge is 0.0575 e. The summed E-state index contributed by atoms with van der Waals surface area (Å²) in [5.74, 6) is 0. The van der Waals surface area contributed by atoms with Gasteiger partial charge in [0.1, 0.15) is 0 Å². The van der Waals surface area contributed by atoms with Crippen LogP contribution in [0, 0.1) is 0 Å². The molecule has 3 heteroatoms. The highest BCUT2D eigenvalue weighted by molar-refractivity contribution is 5.46. The summed E-state index contributed by atoms with van der Waals surface area (Å²) >= 11 is 0. The third kappa shape index (κ3) is 2.22. The van der Waals surface area contributed by atoms with E-state index in [1.807, 2.05) is 31.3 Å². The second-order valence-electron chi connectivity index (χ2n) is 2.67. The van der Waals surface area contributed by atoms with Gasteiger partial charge in [-0.1, -0.05) is 18.2 Å². The standard InChI is InChI=1S/C9H14N2O/c1-11(12-2)7-8-5-3-4-6-9(8)10/h3-6H,7,10H2,1-2H3. The van der Waals surface area contributed by atoms with Gasteiger partial charge < -0.3 is 10.6 Å². The van der Waals surface area contributed by atoms with E-state index in [4.69, 9.17) is 10.6 Å². The van der Waals surface area contributed by atoms with Crippen molar-refractivity contribution in [2.24, 2.45) is 0 Å². The van der Waals surface area contributed by atoms with Crippen LogP contribution in [0.5, 0.6) is 0 Å². The summed E-state index contributed by atoms with van der Waals surface area (Å²) < 4.78 is 0. The fourth-order valence-electron chi connectivity index (χ4n) is 0.983. The van der Waals surface area contributed by atoms with Crippen LogP contribution in [0.3, 0.4) is 0 Å². The molecule has 3 nitrogen and oxygen atoms in total. The lowest BCUT2D eigenvalue weighted by atomic mass is 10.2. The molecule has 0 spiro atoms. The van der Waals surface area contributed by atoms with Crippen molar-refractivity contribution in [1.82, 2.24) is 5.06 Å². The third-order valence-corrected chi connectivity index (χ3v) is 1.76. The number of rotatable bonds is 3. The summed E-state index contributed by atoms with van der Waals surface area (Å²) in [6.07, 6.45) is 0. The Morgan fingerprint density at radius 1 is 1.42 bits per heavy atom. The Bertz CT molecular complexity index is 250. The van der Waals surface area contributed by atoms with Crippen molar-refractivity contribution in [2.75, 3.05) is 19.9 Å². The molecule has 2 N–H and O–H groups in total. The Kier molecular flexibility index (Phi) is 3.08. The average molecular weight is 166 g/mol. The molecule has 12 heavy (non-hydrogen) atoms. The zero-order valence-corrected chi connectivity index (χ0v) is 7.45. The fourth-order valence-corrected chi connectivity index (χ4v) is 0.983. The van der Waals surface area contributed by atoms with Crippen molar-refractivity contribution < 1.29 is 4.84 Å². The molecule has 0 atom stereocenters. The number of hydrogen-bond donors (Lipinski definition) is 1. The maximum Gasteiger partial charge on any atom is 0.0575 e. The lowest BCUT2D eigenvalue weighted by Gasteiger charge is -2.14. The highest BCUT2D eigenvalue weighted by Gasteiger charge is 2.00. The molecule has 0 unspecified atom stereocenters. The quantitative estimate of drug-likeness (QED) is 0.542. The van der Waals surface area contributed by atoms with E-state index in [2.05, 4.69) is 0 Å². The Morgan fingerprint density at radius 3 is 2.67 bits per heavy atom. The lowest BCUT2D eigenvalue weighted by Crippen LogP contribution is -2.16. The minimum Gasteiger partial charge on any atom is -0.398 e. The van der Waals surface area contributed by atoms with Crippen LogP contribution in [-0.4, -0.2) is 19.2 Å². The van der Waals surface area contributed by atoms with Crippen molar-refractivity contribution in [2.45, 2.75) is 6.54 Å². The van der Waals surface area contributed by atoms with Gasteiger partial charge in [0.05, 0.1) is 13.7 Å². The molecular formula is C9H14N2O. The van der Waals surface area contributed by atoms with E-state index < -0.39 is 0 Å². The van der Waals surface area contributed by atoms with Gasteiger partial charge in [0.2, 0.25) is 0 Å². The Balaban J connectivity index is 2.69. The first-order valence-corrected chi connectivity index (χ1v) is 3.82. The van der Waals surface area contributed by atoms with Crippen LogP contribution >= 0.6 is 0 Å².